The summed E-state index contributed by atoms with van der Waals surface area (Å²) in [7, 11) is 0. The van der Waals surface area contributed by atoms with Gasteiger partial charge in [0.25, 0.3) is 0 Å². The topological polar surface area (TPSA) is 21.3 Å². The highest BCUT2D eigenvalue weighted by atomic mass is 19.1. The molecule has 4 aromatic rings. The predicted octanol–water partition coefficient (Wildman–Crippen LogP) is 6.03. The Hall–Kier alpha value is -3.24. The number of benzene rings is 4. The maximum Gasteiger partial charge on any atom is 0.129 e. The van der Waals surface area contributed by atoms with Crippen molar-refractivity contribution in [2.45, 2.75) is 19.6 Å². The van der Waals surface area contributed by atoms with Gasteiger partial charge in [0.1, 0.15) is 24.0 Å². The number of rotatable bonds is 8. The normalized spacial score (nSPS) is 11.0. The van der Waals surface area contributed by atoms with E-state index in [9.17, 15) is 8.78 Å². The van der Waals surface area contributed by atoms with Gasteiger partial charge in [-0.25, -0.2) is 8.78 Å². The van der Waals surface area contributed by atoms with Gasteiger partial charge in [0.05, 0.1) is 0 Å². The number of hydrogen-bond donors (Lipinski definition) is 1. The van der Waals surface area contributed by atoms with Crippen molar-refractivity contribution in [3.8, 4) is 5.75 Å². The highest BCUT2D eigenvalue weighted by Crippen LogP contribution is 2.29. The van der Waals surface area contributed by atoms with Gasteiger partial charge < -0.3 is 10.1 Å². The summed E-state index contributed by atoms with van der Waals surface area (Å²) < 4.78 is 33.8. The molecule has 152 valence electrons. The highest BCUT2D eigenvalue weighted by Gasteiger charge is 2.10. The van der Waals surface area contributed by atoms with Gasteiger partial charge in [-0.3, -0.25) is 0 Å². The molecular weight excluding hydrogens is 380 g/mol. The first kappa shape index (κ1) is 20.0. The minimum Gasteiger partial charge on any atom is -0.488 e. The maximum absolute atomic E-state index is 14.0. The summed E-state index contributed by atoms with van der Waals surface area (Å²) >= 11 is 0. The lowest BCUT2D eigenvalue weighted by molar-refractivity contribution is 0.296. The van der Waals surface area contributed by atoms with Crippen molar-refractivity contribution in [1.29, 1.82) is 0 Å². The van der Waals surface area contributed by atoms with E-state index in [-0.39, 0.29) is 18.2 Å². The fraction of sp³-hybridized carbons (Fsp3) is 0.154. The summed E-state index contributed by atoms with van der Waals surface area (Å²) in [5.41, 5.74) is 2.22. The zero-order valence-corrected chi connectivity index (χ0v) is 16.6. The minimum atomic E-state index is -0.275. The molecule has 30 heavy (non-hydrogen) atoms. The first-order valence-corrected chi connectivity index (χ1v) is 10.0. The van der Waals surface area contributed by atoms with Crippen molar-refractivity contribution < 1.29 is 13.5 Å². The Bertz CT molecular complexity index is 1140. The molecule has 0 saturated carbocycles. The lowest BCUT2D eigenvalue weighted by Crippen LogP contribution is -2.18. The molecule has 0 fully saturated rings. The fourth-order valence-corrected chi connectivity index (χ4v) is 3.54. The van der Waals surface area contributed by atoms with E-state index in [2.05, 4.69) is 17.4 Å². The van der Waals surface area contributed by atoms with Crippen LogP contribution in [0, 0.1) is 11.6 Å². The van der Waals surface area contributed by atoms with Gasteiger partial charge in [0.2, 0.25) is 0 Å². The lowest BCUT2D eigenvalue weighted by Gasteiger charge is -2.15. The Kier molecular flexibility index (Phi) is 6.35. The van der Waals surface area contributed by atoms with Crippen LogP contribution in [-0.4, -0.2) is 6.54 Å². The summed E-state index contributed by atoms with van der Waals surface area (Å²) in [4.78, 5) is 0. The molecule has 0 radical (unpaired) electrons. The van der Waals surface area contributed by atoms with Crippen LogP contribution in [0.3, 0.4) is 0 Å². The molecule has 2 nitrogen and oxygen atoms in total. The largest absolute Gasteiger partial charge is 0.488 e. The molecule has 0 atom stereocenters. The lowest BCUT2D eigenvalue weighted by atomic mass is 10.0. The predicted molar refractivity (Wildman–Crippen MR) is 116 cm³/mol. The third kappa shape index (κ3) is 4.66. The van der Waals surface area contributed by atoms with Crippen LogP contribution >= 0.6 is 0 Å². The zero-order valence-electron chi connectivity index (χ0n) is 16.6. The first-order chi connectivity index (χ1) is 14.7. The molecule has 0 aromatic heterocycles. The quantitative estimate of drug-likeness (QED) is 0.363. The molecule has 0 aliphatic carbocycles. The number of hydrogen-bond acceptors (Lipinski definition) is 2. The van der Waals surface area contributed by atoms with Crippen LogP contribution in [-0.2, 0) is 19.6 Å². The van der Waals surface area contributed by atoms with Crippen LogP contribution in [0.5, 0.6) is 5.75 Å². The van der Waals surface area contributed by atoms with Gasteiger partial charge in [-0.2, -0.15) is 0 Å². The second-order valence-corrected chi connectivity index (χ2v) is 7.16. The molecule has 0 bridgehead atoms. The van der Waals surface area contributed by atoms with Gasteiger partial charge in [-0.15, -0.1) is 0 Å². The Balaban J connectivity index is 1.50. The van der Waals surface area contributed by atoms with Crippen LogP contribution in [0.25, 0.3) is 10.8 Å². The van der Waals surface area contributed by atoms with Gasteiger partial charge in [-0.1, -0.05) is 66.7 Å². The first-order valence-electron chi connectivity index (χ1n) is 10.0. The van der Waals surface area contributed by atoms with Crippen LogP contribution < -0.4 is 10.1 Å². The molecule has 0 aliphatic heterocycles. The minimum absolute atomic E-state index is 0.160. The van der Waals surface area contributed by atoms with E-state index in [0.717, 1.165) is 22.1 Å². The van der Waals surface area contributed by atoms with Crippen molar-refractivity contribution in [2.75, 3.05) is 6.54 Å². The molecule has 4 aromatic carbocycles. The molecule has 0 aliphatic rings. The molecule has 0 amide bonds. The summed E-state index contributed by atoms with van der Waals surface area (Å²) in [5, 5.41) is 5.60. The molecule has 0 saturated heterocycles. The smallest absolute Gasteiger partial charge is 0.129 e. The van der Waals surface area contributed by atoms with Crippen molar-refractivity contribution in [1.82, 2.24) is 5.32 Å². The van der Waals surface area contributed by atoms with Crippen LogP contribution in [0.4, 0.5) is 8.78 Å². The fourth-order valence-electron chi connectivity index (χ4n) is 3.54. The van der Waals surface area contributed by atoms with E-state index >= 15 is 0 Å². The Morgan fingerprint density at radius 1 is 0.700 bits per heavy atom. The number of halogens is 2. The number of fused-ring (bicyclic) bond motifs is 1. The SMILES string of the molecule is Fc1ccccc1CCNCc1c(OCc2ccccc2F)ccc2ccccc12. The van der Waals surface area contributed by atoms with Crippen molar-refractivity contribution in [3.63, 3.8) is 0 Å². The van der Waals surface area contributed by atoms with E-state index in [4.69, 9.17) is 4.74 Å². The van der Waals surface area contributed by atoms with Crippen LogP contribution in [0.15, 0.2) is 84.9 Å². The molecule has 4 heteroatoms. The van der Waals surface area contributed by atoms with Gasteiger partial charge in [0, 0.05) is 17.7 Å². The van der Waals surface area contributed by atoms with E-state index in [0.29, 0.717) is 30.6 Å². The molecule has 0 heterocycles. The molecular formula is C26H23F2NO. The van der Waals surface area contributed by atoms with Crippen LogP contribution in [0.1, 0.15) is 16.7 Å². The number of ether oxygens (including phenoxy) is 1. The maximum atomic E-state index is 14.0. The van der Waals surface area contributed by atoms with E-state index < -0.39 is 0 Å². The van der Waals surface area contributed by atoms with Crippen molar-refractivity contribution in [3.05, 3.63) is 113 Å². The van der Waals surface area contributed by atoms with Gasteiger partial charge in [0.15, 0.2) is 0 Å². The standard InChI is InChI=1S/C26H23F2NO/c27-24-11-5-2-8-20(24)15-16-29-17-23-22-10-4-1-7-19(22)13-14-26(23)30-18-21-9-3-6-12-25(21)28/h1-14,29H,15-18H2. The molecule has 1 N–H and O–H groups in total. The highest BCUT2D eigenvalue weighted by molar-refractivity contribution is 5.87. The Morgan fingerprint density at radius 3 is 2.13 bits per heavy atom. The number of nitrogens with one attached hydrogen (secondary N) is 1. The third-order valence-electron chi connectivity index (χ3n) is 5.17. The zero-order chi connectivity index (χ0) is 20.8. The van der Waals surface area contributed by atoms with Gasteiger partial charge in [-0.05, 0) is 47.5 Å². The molecule has 0 unspecified atom stereocenters. The second-order valence-electron chi connectivity index (χ2n) is 7.16. The van der Waals surface area contributed by atoms with Gasteiger partial charge >= 0.3 is 0 Å². The average Bonchev–Trinajstić information content (AvgIpc) is 2.77. The Labute approximate surface area is 175 Å². The third-order valence-corrected chi connectivity index (χ3v) is 5.17. The van der Waals surface area contributed by atoms with E-state index in [1.807, 2.05) is 30.3 Å². The van der Waals surface area contributed by atoms with Crippen molar-refractivity contribution >= 4 is 10.8 Å². The average molecular weight is 403 g/mol. The summed E-state index contributed by atoms with van der Waals surface area (Å²) in [6, 6.07) is 25.5. The monoisotopic (exact) mass is 403 g/mol. The van der Waals surface area contributed by atoms with Crippen LogP contribution in [0.2, 0.25) is 0 Å². The van der Waals surface area contributed by atoms with E-state index in [1.165, 1.54) is 12.1 Å². The molecule has 4 rings (SSSR count). The molecule has 0 spiro atoms. The summed E-state index contributed by atoms with van der Waals surface area (Å²) in [6.07, 6.45) is 0.600. The second kappa shape index (κ2) is 9.51. The summed E-state index contributed by atoms with van der Waals surface area (Å²) in [5.74, 6) is 0.261. The Morgan fingerprint density at radius 2 is 1.37 bits per heavy atom. The van der Waals surface area contributed by atoms with Crippen molar-refractivity contribution in [2.24, 2.45) is 0 Å². The summed E-state index contributed by atoms with van der Waals surface area (Å²) in [6.45, 7) is 1.37. The van der Waals surface area contributed by atoms with E-state index in [1.54, 1.807) is 30.3 Å².